The highest BCUT2D eigenvalue weighted by atomic mass is 16.5. The van der Waals surface area contributed by atoms with Gasteiger partial charge in [0.2, 0.25) is 0 Å². The molecule has 0 aliphatic rings. The van der Waals surface area contributed by atoms with E-state index in [1.807, 2.05) is 36.4 Å². The third kappa shape index (κ3) is 2.84. The van der Waals surface area contributed by atoms with Crippen molar-refractivity contribution in [2.45, 2.75) is 0 Å². The van der Waals surface area contributed by atoms with Gasteiger partial charge in [-0.25, -0.2) is 4.79 Å². The van der Waals surface area contributed by atoms with Crippen molar-refractivity contribution in [3.05, 3.63) is 47.8 Å². The summed E-state index contributed by atoms with van der Waals surface area (Å²) in [5.41, 5.74) is 1.19. The van der Waals surface area contributed by atoms with Gasteiger partial charge in [-0.2, -0.15) is 5.26 Å². The fourth-order valence-electron chi connectivity index (χ4n) is 1.40. The van der Waals surface area contributed by atoms with Crippen LogP contribution < -0.4 is 0 Å². The van der Waals surface area contributed by atoms with E-state index in [1.165, 1.54) is 24.1 Å². The van der Waals surface area contributed by atoms with Gasteiger partial charge in [0.1, 0.15) is 11.8 Å². The normalized spacial score (nSPS) is 10.3. The number of methoxy groups -OCH3 is 1. The van der Waals surface area contributed by atoms with Gasteiger partial charge in [-0.1, -0.05) is 18.2 Å². The number of nitrogens with zero attached hydrogens (tertiary/aromatic N) is 4. The molecule has 0 spiro atoms. The third-order valence-electron chi connectivity index (χ3n) is 2.31. The number of benzene rings is 1. The molecule has 0 saturated carbocycles. The Hall–Kier alpha value is -2.94. The molecule has 0 bridgehead atoms. The Balaban J connectivity index is 2.36. The van der Waals surface area contributed by atoms with Crippen LogP contribution in [0.25, 0.3) is 11.8 Å². The van der Waals surface area contributed by atoms with Gasteiger partial charge in [-0.05, 0) is 18.2 Å². The lowest BCUT2D eigenvalue weighted by molar-refractivity contribution is -0.134. The van der Waals surface area contributed by atoms with Crippen molar-refractivity contribution in [2.75, 3.05) is 7.11 Å². The lowest BCUT2D eigenvalue weighted by Crippen LogP contribution is -1.98. The average molecular weight is 254 g/mol. The van der Waals surface area contributed by atoms with Crippen LogP contribution >= 0.6 is 0 Å². The minimum Gasteiger partial charge on any atom is -0.466 e. The standard InChI is InChI=1S/C13H10N4O2/c1-19-13(18)8-7-11-12(9-14)16-17(15-11)10-5-3-2-4-6-10/h2-8H,1H3/b8-7+. The highest BCUT2D eigenvalue weighted by molar-refractivity contribution is 5.86. The van der Waals surface area contributed by atoms with Crippen LogP contribution in [0.3, 0.4) is 0 Å². The van der Waals surface area contributed by atoms with Gasteiger partial charge in [-0.15, -0.1) is 15.0 Å². The molecular formula is C13H10N4O2. The zero-order valence-electron chi connectivity index (χ0n) is 10.1. The number of carbonyl (C=O) groups excluding carboxylic acids is 1. The summed E-state index contributed by atoms with van der Waals surface area (Å²) in [7, 11) is 1.28. The third-order valence-corrected chi connectivity index (χ3v) is 2.31. The van der Waals surface area contributed by atoms with Crippen LogP contribution in [0.15, 0.2) is 36.4 Å². The molecular weight excluding hydrogens is 244 g/mol. The molecule has 19 heavy (non-hydrogen) atoms. The predicted octanol–water partition coefficient (Wildman–Crippen LogP) is 1.33. The Morgan fingerprint density at radius 1 is 1.37 bits per heavy atom. The molecule has 0 fully saturated rings. The number of rotatable bonds is 3. The Labute approximate surface area is 109 Å². The van der Waals surface area contributed by atoms with Gasteiger partial charge in [0.25, 0.3) is 0 Å². The molecule has 6 nitrogen and oxygen atoms in total. The van der Waals surface area contributed by atoms with E-state index in [-0.39, 0.29) is 5.69 Å². The van der Waals surface area contributed by atoms with E-state index < -0.39 is 5.97 Å². The summed E-state index contributed by atoms with van der Waals surface area (Å²) in [4.78, 5) is 12.4. The Bertz CT molecular complexity index is 653. The molecule has 2 rings (SSSR count). The SMILES string of the molecule is COC(=O)/C=C/c1nn(-c2ccccc2)nc1C#N. The largest absolute Gasteiger partial charge is 0.466 e. The first-order chi connectivity index (χ1) is 9.24. The zero-order chi connectivity index (χ0) is 13.7. The lowest BCUT2D eigenvalue weighted by atomic mass is 10.3. The molecule has 0 atom stereocenters. The number of hydrogen-bond acceptors (Lipinski definition) is 5. The van der Waals surface area contributed by atoms with Gasteiger partial charge >= 0.3 is 5.97 Å². The maximum absolute atomic E-state index is 11.0. The number of esters is 1. The van der Waals surface area contributed by atoms with Crippen molar-refractivity contribution in [3.8, 4) is 11.8 Å². The molecule has 1 heterocycles. The van der Waals surface area contributed by atoms with Gasteiger partial charge in [0.05, 0.1) is 12.8 Å². The van der Waals surface area contributed by atoms with Crippen LogP contribution in [0, 0.1) is 11.3 Å². The van der Waals surface area contributed by atoms with Crippen molar-refractivity contribution < 1.29 is 9.53 Å². The Kier molecular flexibility index (Phi) is 3.69. The van der Waals surface area contributed by atoms with Crippen molar-refractivity contribution in [2.24, 2.45) is 0 Å². The fraction of sp³-hybridized carbons (Fsp3) is 0.0769. The van der Waals surface area contributed by atoms with E-state index in [9.17, 15) is 4.79 Å². The zero-order valence-corrected chi connectivity index (χ0v) is 10.1. The van der Waals surface area contributed by atoms with E-state index in [0.717, 1.165) is 5.69 Å². The van der Waals surface area contributed by atoms with Crippen molar-refractivity contribution >= 4 is 12.0 Å². The molecule has 6 heteroatoms. The number of hydrogen-bond donors (Lipinski definition) is 0. The summed E-state index contributed by atoms with van der Waals surface area (Å²) in [5.74, 6) is -0.516. The molecule has 0 amide bonds. The molecule has 0 saturated heterocycles. The van der Waals surface area contributed by atoms with Crippen LogP contribution in [-0.4, -0.2) is 28.1 Å². The maximum Gasteiger partial charge on any atom is 0.330 e. The number of aromatic nitrogens is 3. The Morgan fingerprint density at radius 3 is 2.74 bits per heavy atom. The summed E-state index contributed by atoms with van der Waals surface area (Å²) in [6.07, 6.45) is 2.59. The van der Waals surface area contributed by atoms with Crippen molar-refractivity contribution in [1.82, 2.24) is 15.0 Å². The first kappa shape index (κ1) is 12.5. The smallest absolute Gasteiger partial charge is 0.330 e. The molecule has 0 N–H and O–H groups in total. The summed E-state index contributed by atoms with van der Waals surface area (Å²) in [5, 5.41) is 17.2. The second-order valence-corrected chi connectivity index (χ2v) is 3.53. The van der Waals surface area contributed by atoms with E-state index in [0.29, 0.717) is 5.69 Å². The quantitative estimate of drug-likeness (QED) is 0.609. The van der Waals surface area contributed by atoms with E-state index in [4.69, 9.17) is 5.26 Å². The molecule has 94 valence electrons. The van der Waals surface area contributed by atoms with Gasteiger partial charge < -0.3 is 4.74 Å². The van der Waals surface area contributed by atoms with Gasteiger partial charge in [0.15, 0.2) is 5.69 Å². The molecule has 0 aliphatic carbocycles. The summed E-state index contributed by atoms with van der Waals surface area (Å²) in [6, 6.07) is 11.1. The average Bonchev–Trinajstić information content (AvgIpc) is 2.89. The van der Waals surface area contributed by atoms with Crippen LogP contribution in [-0.2, 0) is 9.53 Å². The van der Waals surface area contributed by atoms with Crippen LogP contribution in [0.4, 0.5) is 0 Å². The second-order valence-electron chi connectivity index (χ2n) is 3.53. The van der Waals surface area contributed by atoms with Gasteiger partial charge in [0, 0.05) is 6.08 Å². The van der Waals surface area contributed by atoms with Crippen molar-refractivity contribution in [1.29, 1.82) is 5.26 Å². The topological polar surface area (TPSA) is 80.8 Å². The Morgan fingerprint density at radius 2 is 2.11 bits per heavy atom. The van der Waals surface area contributed by atoms with E-state index in [2.05, 4.69) is 14.9 Å². The molecule has 1 aromatic carbocycles. The van der Waals surface area contributed by atoms with Crippen molar-refractivity contribution in [3.63, 3.8) is 0 Å². The van der Waals surface area contributed by atoms with Crippen LogP contribution in [0.5, 0.6) is 0 Å². The van der Waals surface area contributed by atoms with E-state index >= 15 is 0 Å². The molecule has 0 unspecified atom stereocenters. The minimum absolute atomic E-state index is 0.143. The monoisotopic (exact) mass is 254 g/mol. The number of para-hydroxylation sites is 1. The maximum atomic E-state index is 11.0. The van der Waals surface area contributed by atoms with Gasteiger partial charge in [-0.3, -0.25) is 0 Å². The molecule has 0 radical (unpaired) electrons. The lowest BCUT2D eigenvalue weighted by Gasteiger charge is -1.96. The molecule has 0 aliphatic heterocycles. The number of ether oxygens (including phenoxy) is 1. The molecule has 1 aromatic heterocycles. The van der Waals surface area contributed by atoms with Crippen LogP contribution in [0.2, 0.25) is 0 Å². The number of nitriles is 1. The fourth-order valence-corrected chi connectivity index (χ4v) is 1.40. The first-order valence-corrected chi connectivity index (χ1v) is 5.43. The summed E-state index contributed by atoms with van der Waals surface area (Å²) >= 11 is 0. The molecule has 2 aromatic rings. The second kappa shape index (κ2) is 5.60. The van der Waals surface area contributed by atoms with Crippen LogP contribution in [0.1, 0.15) is 11.4 Å². The predicted molar refractivity (Wildman–Crippen MR) is 67.1 cm³/mol. The summed E-state index contributed by atoms with van der Waals surface area (Å²) < 4.78 is 4.47. The summed E-state index contributed by atoms with van der Waals surface area (Å²) in [6.45, 7) is 0. The highest BCUT2D eigenvalue weighted by Gasteiger charge is 2.09. The number of carbonyl (C=O) groups is 1. The minimum atomic E-state index is -0.516. The first-order valence-electron chi connectivity index (χ1n) is 5.43. The highest BCUT2D eigenvalue weighted by Crippen LogP contribution is 2.09. The van der Waals surface area contributed by atoms with E-state index in [1.54, 1.807) is 0 Å².